The molecule has 1 aromatic rings. The molecule has 0 fully saturated rings. The largest absolute Gasteiger partial charge is 0.573 e. The number of hydrogen-bond donors (Lipinski definition) is 2. The maximum atomic E-state index is 12.0. The van der Waals surface area contributed by atoms with E-state index < -0.39 is 30.2 Å². The van der Waals surface area contributed by atoms with Crippen molar-refractivity contribution in [2.24, 2.45) is 0 Å². The van der Waals surface area contributed by atoms with Crippen LogP contribution in [0.4, 0.5) is 23.7 Å². The van der Waals surface area contributed by atoms with E-state index in [0.29, 0.717) is 5.75 Å². The predicted octanol–water partition coefficient (Wildman–Crippen LogP) is 1.58. The summed E-state index contributed by atoms with van der Waals surface area (Å²) in [6, 6.07) is 2.47. The summed E-state index contributed by atoms with van der Waals surface area (Å²) < 4.78 is 39.7. The monoisotopic (exact) mass is 351 g/mol. The van der Waals surface area contributed by atoms with Gasteiger partial charge in [0, 0.05) is 5.69 Å². The molecule has 0 aliphatic heterocycles. The van der Waals surface area contributed by atoms with Crippen molar-refractivity contribution in [3.05, 3.63) is 24.3 Å². The van der Waals surface area contributed by atoms with E-state index in [-0.39, 0.29) is 12.1 Å². The number of carboxylic acids is 1. The Morgan fingerprint density at radius 1 is 1.30 bits per heavy atom. The number of urea groups is 1. The normalized spacial score (nSPS) is 12.3. The summed E-state index contributed by atoms with van der Waals surface area (Å²) in [6.07, 6.45) is -2.82. The number of alkyl halides is 3. The van der Waals surface area contributed by atoms with Gasteiger partial charge in [0.15, 0.2) is 0 Å². The molecule has 0 heterocycles. The molecular weight excluding hydrogens is 337 g/mol. The summed E-state index contributed by atoms with van der Waals surface area (Å²) in [5.74, 6) is -1.33. The van der Waals surface area contributed by atoms with Crippen LogP contribution in [0.2, 0.25) is 0 Å². The first-order valence-electron chi connectivity index (χ1n) is 6.34. The number of nitrogens with one attached hydrogen (secondary N) is 2. The van der Waals surface area contributed by atoms with Crippen molar-refractivity contribution in [3.8, 4) is 5.75 Å². The van der Waals surface area contributed by atoms with Crippen molar-refractivity contribution < 1.29 is 32.6 Å². The number of ether oxygens (including phenoxy) is 1. The zero-order chi connectivity index (χ0) is 17.5. The molecule has 1 aromatic carbocycles. The van der Waals surface area contributed by atoms with Gasteiger partial charge in [-0.05, 0) is 42.7 Å². The Labute approximate surface area is 134 Å². The lowest BCUT2D eigenvalue weighted by Gasteiger charge is -2.19. The van der Waals surface area contributed by atoms with Gasteiger partial charge >= 0.3 is 12.4 Å². The van der Waals surface area contributed by atoms with Crippen molar-refractivity contribution in [1.82, 2.24) is 5.32 Å². The Bertz CT molecular complexity index is 537. The van der Waals surface area contributed by atoms with E-state index in [1.807, 2.05) is 0 Å². The molecule has 0 aliphatic rings. The van der Waals surface area contributed by atoms with Gasteiger partial charge in [0.1, 0.15) is 5.75 Å². The maximum absolute atomic E-state index is 12.0. The van der Waals surface area contributed by atoms with Crippen LogP contribution < -0.4 is 20.5 Å². The number of aliphatic carboxylic acids is 1. The Morgan fingerprint density at radius 2 is 1.91 bits per heavy atom. The zero-order valence-electron chi connectivity index (χ0n) is 12.0. The second-order valence-electron chi connectivity index (χ2n) is 4.32. The van der Waals surface area contributed by atoms with E-state index in [1.165, 1.54) is 23.9 Å². The molecule has 2 amide bonds. The molecule has 0 unspecified atom stereocenters. The average molecular weight is 351 g/mol. The molecule has 0 radical (unpaired) electrons. The molecule has 2 N–H and O–H groups in total. The van der Waals surface area contributed by atoms with E-state index in [9.17, 15) is 27.9 Å². The molecule has 1 atom stereocenters. The molecule has 0 spiro atoms. The number of benzene rings is 1. The molecule has 0 aromatic heterocycles. The second kappa shape index (κ2) is 8.51. The van der Waals surface area contributed by atoms with E-state index in [4.69, 9.17) is 0 Å². The van der Waals surface area contributed by atoms with Gasteiger partial charge in [0.25, 0.3) is 0 Å². The summed E-state index contributed by atoms with van der Waals surface area (Å²) in [7, 11) is 0. The minimum atomic E-state index is -4.80. The van der Waals surface area contributed by atoms with Crippen LogP contribution >= 0.6 is 11.8 Å². The number of halogens is 3. The fraction of sp³-hybridized carbons (Fsp3) is 0.385. The van der Waals surface area contributed by atoms with Crippen LogP contribution in [0.25, 0.3) is 0 Å². The van der Waals surface area contributed by atoms with Gasteiger partial charge in [-0.1, -0.05) is 0 Å². The highest BCUT2D eigenvalue weighted by Gasteiger charge is 2.30. The van der Waals surface area contributed by atoms with Gasteiger partial charge < -0.3 is 25.3 Å². The van der Waals surface area contributed by atoms with Crippen LogP contribution in [0.1, 0.15) is 6.42 Å². The first-order valence-corrected chi connectivity index (χ1v) is 7.74. The minimum Gasteiger partial charge on any atom is -0.548 e. The number of anilines is 1. The van der Waals surface area contributed by atoms with Gasteiger partial charge in [0.05, 0.1) is 12.0 Å². The molecule has 10 heteroatoms. The van der Waals surface area contributed by atoms with Gasteiger partial charge in [-0.3, -0.25) is 0 Å². The minimum absolute atomic E-state index is 0.180. The van der Waals surface area contributed by atoms with Crippen molar-refractivity contribution in [1.29, 1.82) is 0 Å². The summed E-state index contributed by atoms with van der Waals surface area (Å²) in [6.45, 7) is 0. The standard InChI is InChI=1S/C13H15F3N2O4S/c1-23-7-6-10(11(19)20)18-12(21)17-8-2-4-9(5-3-8)22-13(14,15)16/h2-5,10H,6-7H2,1H3,(H,19,20)(H2,17,18,21)/p-1/t10-/m0/s1. The maximum Gasteiger partial charge on any atom is 0.573 e. The lowest BCUT2D eigenvalue weighted by atomic mass is 10.2. The van der Waals surface area contributed by atoms with Crippen LogP contribution in [0.15, 0.2) is 24.3 Å². The van der Waals surface area contributed by atoms with Gasteiger partial charge in [-0.2, -0.15) is 11.8 Å². The Morgan fingerprint density at radius 3 is 2.39 bits per heavy atom. The number of rotatable bonds is 7. The number of carboxylic acid groups (broad SMARTS) is 1. The average Bonchev–Trinajstić information content (AvgIpc) is 2.43. The van der Waals surface area contributed by atoms with E-state index in [1.54, 1.807) is 6.26 Å². The van der Waals surface area contributed by atoms with Crippen LogP contribution in [-0.2, 0) is 4.79 Å². The SMILES string of the molecule is CSCC[C@H](NC(=O)Nc1ccc(OC(F)(F)F)cc1)C(=O)[O-]. The first kappa shape index (κ1) is 18.9. The van der Waals surface area contributed by atoms with Gasteiger partial charge in [0.2, 0.25) is 0 Å². The van der Waals surface area contributed by atoms with Crippen molar-refractivity contribution >= 4 is 29.4 Å². The molecule has 0 aliphatic carbocycles. The molecule has 0 saturated carbocycles. The summed E-state index contributed by atoms with van der Waals surface area (Å²) in [5, 5.41) is 15.4. The molecular formula is C13H14F3N2O4S-. The fourth-order valence-corrected chi connectivity index (χ4v) is 2.02. The van der Waals surface area contributed by atoms with Crippen molar-refractivity contribution in [3.63, 3.8) is 0 Å². The smallest absolute Gasteiger partial charge is 0.548 e. The Hall–Kier alpha value is -2.10. The number of thioether (sulfide) groups is 1. The lowest BCUT2D eigenvalue weighted by molar-refractivity contribution is -0.308. The number of carbonyl (C=O) groups is 2. The summed E-state index contributed by atoms with van der Waals surface area (Å²) in [5.41, 5.74) is 0.180. The van der Waals surface area contributed by atoms with Gasteiger partial charge in [-0.25, -0.2) is 4.79 Å². The summed E-state index contributed by atoms with van der Waals surface area (Å²) >= 11 is 1.42. The molecule has 0 bridgehead atoms. The molecule has 23 heavy (non-hydrogen) atoms. The highest BCUT2D eigenvalue weighted by molar-refractivity contribution is 7.98. The third-order valence-electron chi connectivity index (χ3n) is 2.55. The van der Waals surface area contributed by atoms with Crippen LogP contribution in [0, 0.1) is 0 Å². The number of amides is 2. The van der Waals surface area contributed by atoms with Crippen molar-refractivity contribution in [2.45, 2.75) is 18.8 Å². The third kappa shape index (κ3) is 7.63. The molecule has 128 valence electrons. The highest BCUT2D eigenvalue weighted by atomic mass is 32.2. The molecule has 6 nitrogen and oxygen atoms in total. The Kier molecular flexibility index (Phi) is 7.01. The third-order valence-corrected chi connectivity index (χ3v) is 3.19. The van der Waals surface area contributed by atoms with Crippen molar-refractivity contribution in [2.75, 3.05) is 17.3 Å². The fourth-order valence-electron chi connectivity index (χ4n) is 1.55. The van der Waals surface area contributed by atoms with Crippen LogP contribution in [-0.4, -0.2) is 36.4 Å². The van der Waals surface area contributed by atoms with Gasteiger partial charge in [-0.15, -0.1) is 13.2 Å². The Balaban J connectivity index is 2.57. The number of carbonyl (C=O) groups excluding carboxylic acids is 2. The van der Waals surface area contributed by atoms with E-state index in [0.717, 1.165) is 12.1 Å². The first-order chi connectivity index (χ1) is 10.7. The second-order valence-corrected chi connectivity index (χ2v) is 5.31. The quantitative estimate of drug-likeness (QED) is 0.778. The highest BCUT2D eigenvalue weighted by Crippen LogP contribution is 2.23. The molecule has 0 saturated heterocycles. The molecule has 1 rings (SSSR count). The van der Waals surface area contributed by atoms with Crippen LogP contribution in [0.5, 0.6) is 5.75 Å². The summed E-state index contributed by atoms with van der Waals surface area (Å²) in [4.78, 5) is 22.6. The predicted molar refractivity (Wildman–Crippen MR) is 77.1 cm³/mol. The zero-order valence-corrected chi connectivity index (χ0v) is 12.8. The van der Waals surface area contributed by atoms with E-state index in [2.05, 4.69) is 15.4 Å². The van der Waals surface area contributed by atoms with E-state index >= 15 is 0 Å². The topological polar surface area (TPSA) is 90.5 Å². The van der Waals surface area contributed by atoms with Crippen LogP contribution in [0.3, 0.4) is 0 Å². The lowest BCUT2D eigenvalue weighted by Crippen LogP contribution is -2.49. The number of hydrogen-bond acceptors (Lipinski definition) is 5.